The maximum atomic E-state index is 12.0. The Balaban J connectivity index is 2.14. The second-order valence-electron chi connectivity index (χ2n) is 4.48. The van der Waals surface area contributed by atoms with Crippen molar-refractivity contribution in [1.82, 2.24) is 5.16 Å². The fourth-order valence-electron chi connectivity index (χ4n) is 1.73. The summed E-state index contributed by atoms with van der Waals surface area (Å²) in [6, 6.07) is 9.95. The largest absolute Gasteiger partial charge is 0.360 e. The summed E-state index contributed by atoms with van der Waals surface area (Å²) in [5.41, 5.74) is 0.423. The van der Waals surface area contributed by atoms with Gasteiger partial charge in [0.2, 0.25) is 15.9 Å². The van der Waals surface area contributed by atoms with Gasteiger partial charge in [-0.25, -0.2) is 8.42 Å². The van der Waals surface area contributed by atoms with Crippen LogP contribution in [0.5, 0.6) is 0 Å². The molecule has 0 aliphatic rings. The van der Waals surface area contributed by atoms with E-state index in [1.165, 1.54) is 0 Å². The van der Waals surface area contributed by atoms with Crippen LogP contribution in [0.15, 0.2) is 40.9 Å². The number of aryl methyl sites for hydroxylation is 1. The first-order valence-corrected chi connectivity index (χ1v) is 7.97. The highest BCUT2D eigenvalue weighted by Gasteiger charge is 2.21. The number of nitrogens with zero attached hydrogens (tertiary/aromatic N) is 2. The van der Waals surface area contributed by atoms with E-state index in [-0.39, 0.29) is 12.4 Å². The molecular weight excluding hydrogens is 294 g/mol. The number of hydrogen-bond donors (Lipinski definition) is 1. The molecule has 7 nitrogen and oxygen atoms in total. The van der Waals surface area contributed by atoms with Crippen LogP contribution in [0.4, 0.5) is 11.5 Å². The molecule has 0 unspecified atom stereocenters. The Bertz CT molecular complexity index is 725. The summed E-state index contributed by atoms with van der Waals surface area (Å²) in [5.74, 6) is 0.296. The SMILES string of the molecule is Cc1cc(NC(=O)CN(c2ccccc2)S(C)(=O)=O)no1. The van der Waals surface area contributed by atoms with Gasteiger partial charge in [0.25, 0.3) is 0 Å². The predicted octanol–water partition coefficient (Wildman–Crippen LogP) is 1.39. The Kier molecular flexibility index (Phi) is 4.27. The molecular formula is C13H15N3O4S. The average molecular weight is 309 g/mol. The lowest BCUT2D eigenvalue weighted by atomic mass is 10.3. The van der Waals surface area contributed by atoms with Crippen molar-refractivity contribution >= 4 is 27.4 Å². The number of rotatable bonds is 5. The minimum Gasteiger partial charge on any atom is -0.360 e. The number of anilines is 2. The number of aromatic nitrogens is 1. The van der Waals surface area contributed by atoms with Crippen LogP contribution in [0.1, 0.15) is 5.76 Å². The average Bonchev–Trinajstić information content (AvgIpc) is 2.81. The van der Waals surface area contributed by atoms with E-state index in [0.717, 1.165) is 10.6 Å². The zero-order chi connectivity index (χ0) is 15.5. The minimum absolute atomic E-state index is 0.249. The summed E-state index contributed by atoms with van der Waals surface area (Å²) in [5, 5.41) is 6.11. The molecule has 0 atom stereocenters. The second-order valence-corrected chi connectivity index (χ2v) is 6.38. The van der Waals surface area contributed by atoms with Gasteiger partial charge in [-0.3, -0.25) is 9.10 Å². The third-order valence-corrected chi connectivity index (χ3v) is 3.77. The van der Waals surface area contributed by atoms with Crippen LogP contribution in [0.2, 0.25) is 0 Å². The van der Waals surface area contributed by atoms with Crippen LogP contribution in [0.25, 0.3) is 0 Å². The number of para-hydroxylation sites is 1. The molecule has 0 saturated carbocycles. The van der Waals surface area contributed by atoms with Crippen LogP contribution < -0.4 is 9.62 Å². The smallest absolute Gasteiger partial charge is 0.246 e. The maximum absolute atomic E-state index is 12.0. The zero-order valence-electron chi connectivity index (χ0n) is 11.6. The van der Waals surface area contributed by atoms with Gasteiger partial charge in [-0.15, -0.1) is 0 Å². The van der Waals surface area contributed by atoms with E-state index >= 15 is 0 Å². The number of amides is 1. The highest BCUT2D eigenvalue weighted by molar-refractivity contribution is 7.92. The molecule has 112 valence electrons. The number of carbonyl (C=O) groups excluding carboxylic acids is 1. The fraction of sp³-hybridized carbons (Fsp3) is 0.231. The predicted molar refractivity (Wildman–Crippen MR) is 78.5 cm³/mol. The van der Waals surface area contributed by atoms with Gasteiger partial charge in [0.05, 0.1) is 11.9 Å². The molecule has 1 amide bonds. The maximum Gasteiger partial charge on any atom is 0.246 e. The van der Waals surface area contributed by atoms with Crippen LogP contribution in [0.3, 0.4) is 0 Å². The molecule has 2 rings (SSSR count). The molecule has 0 fully saturated rings. The first kappa shape index (κ1) is 15.0. The van der Waals surface area contributed by atoms with Crippen molar-refractivity contribution in [3.8, 4) is 0 Å². The number of benzene rings is 1. The van der Waals surface area contributed by atoms with Gasteiger partial charge in [0.1, 0.15) is 12.3 Å². The fourth-order valence-corrected chi connectivity index (χ4v) is 2.59. The number of hydrogen-bond acceptors (Lipinski definition) is 5. The number of carbonyl (C=O) groups is 1. The van der Waals surface area contributed by atoms with E-state index in [1.54, 1.807) is 43.3 Å². The van der Waals surface area contributed by atoms with Gasteiger partial charge < -0.3 is 9.84 Å². The second kappa shape index (κ2) is 5.96. The van der Waals surface area contributed by atoms with Gasteiger partial charge in [-0.1, -0.05) is 23.4 Å². The minimum atomic E-state index is -3.57. The van der Waals surface area contributed by atoms with Crippen molar-refractivity contribution in [2.75, 3.05) is 22.4 Å². The van der Waals surface area contributed by atoms with Gasteiger partial charge in [0.15, 0.2) is 5.82 Å². The molecule has 0 spiro atoms. The monoisotopic (exact) mass is 309 g/mol. The number of nitrogens with one attached hydrogen (secondary N) is 1. The summed E-state index contributed by atoms with van der Waals surface area (Å²) < 4.78 is 29.5. The van der Waals surface area contributed by atoms with Crippen LogP contribution in [-0.2, 0) is 14.8 Å². The van der Waals surface area contributed by atoms with Crippen molar-refractivity contribution in [3.05, 3.63) is 42.2 Å². The molecule has 0 aliphatic carbocycles. The molecule has 8 heteroatoms. The van der Waals surface area contributed by atoms with Crippen LogP contribution in [0, 0.1) is 6.92 Å². The molecule has 1 N–H and O–H groups in total. The van der Waals surface area contributed by atoms with E-state index in [9.17, 15) is 13.2 Å². The highest BCUT2D eigenvalue weighted by atomic mass is 32.2. The molecule has 0 radical (unpaired) electrons. The van der Waals surface area contributed by atoms with Crippen molar-refractivity contribution in [1.29, 1.82) is 0 Å². The molecule has 21 heavy (non-hydrogen) atoms. The van der Waals surface area contributed by atoms with Crippen LogP contribution in [-0.4, -0.2) is 32.3 Å². The lowest BCUT2D eigenvalue weighted by Crippen LogP contribution is -2.37. The van der Waals surface area contributed by atoms with Gasteiger partial charge >= 0.3 is 0 Å². The van der Waals surface area contributed by atoms with Crippen molar-refractivity contribution in [2.45, 2.75) is 6.92 Å². The van der Waals surface area contributed by atoms with E-state index in [2.05, 4.69) is 10.5 Å². The van der Waals surface area contributed by atoms with E-state index in [0.29, 0.717) is 11.4 Å². The third kappa shape index (κ3) is 4.06. The van der Waals surface area contributed by atoms with Crippen molar-refractivity contribution in [2.24, 2.45) is 0 Å². The van der Waals surface area contributed by atoms with Gasteiger partial charge in [0, 0.05) is 6.07 Å². The van der Waals surface area contributed by atoms with E-state index in [1.807, 2.05) is 0 Å². The summed E-state index contributed by atoms with van der Waals surface area (Å²) in [7, 11) is -3.57. The first-order chi connectivity index (χ1) is 9.86. The first-order valence-electron chi connectivity index (χ1n) is 6.12. The van der Waals surface area contributed by atoms with Crippen molar-refractivity contribution in [3.63, 3.8) is 0 Å². The van der Waals surface area contributed by atoms with Crippen molar-refractivity contribution < 1.29 is 17.7 Å². The zero-order valence-corrected chi connectivity index (χ0v) is 12.4. The van der Waals surface area contributed by atoms with E-state index in [4.69, 9.17) is 4.52 Å². The summed E-state index contributed by atoms with van der Waals surface area (Å²) in [6.45, 7) is 1.35. The molecule has 1 aromatic heterocycles. The van der Waals surface area contributed by atoms with E-state index < -0.39 is 15.9 Å². The van der Waals surface area contributed by atoms with Gasteiger partial charge in [-0.05, 0) is 19.1 Å². The Morgan fingerprint density at radius 3 is 2.52 bits per heavy atom. The van der Waals surface area contributed by atoms with Crippen LogP contribution >= 0.6 is 0 Å². The molecule has 1 aromatic carbocycles. The summed E-state index contributed by atoms with van der Waals surface area (Å²) >= 11 is 0. The quantitative estimate of drug-likeness (QED) is 0.901. The Morgan fingerprint density at radius 1 is 1.33 bits per heavy atom. The summed E-state index contributed by atoms with van der Waals surface area (Å²) in [6.07, 6.45) is 1.05. The molecule has 0 saturated heterocycles. The normalized spacial score (nSPS) is 11.1. The molecule has 2 aromatic rings. The standard InChI is InChI=1S/C13H15N3O4S/c1-10-8-12(15-20-10)14-13(17)9-16(21(2,18)19)11-6-4-3-5-7-11/h3-8H,9H2,1-2H3,(H,14,15,17). The Hall–Kier alpha value is -2.35. The number of sulfonamides is 1. The lowest BCUT2D eigenvalue weighted by molar-refractivity contribution is -0.114. The van der Waals surface area contributed by atoms with Gasteiger partial charge in [-0.2, -0.15) is 0 Å². The third-order valence-electron chi connectivity index (χ3n) is 2.63. The topological polar surface area (TPSA) is 92.5 Å². The lowest BCUT2D eigenvalue weighted by Gasteiger charge is -2.21. The molecule has 0 bridgehead atoms. The molecule has 0 aliphatic heterocycles. The molecule has 1 heterocycles. The Morgan fingerprint density at radius 2 is 2.00 bits per heavy atom. The summed E-state index contributed by atoms with van der Waals surface area (Å²) in [4.78, 5) is 12.0. The highest BCUT2D eigenvalue weighted by Crippen LogP contribution is 2.16. The Labute approximate surface area is 122 Å².